The van der Waals surface area contributed by atoms with E-state index in [0.29, 0.717) is 0 Å². The predicted octanol–water partition coefficient (Wildman–Crippen LogP) is 4.43. The smallest absolute Gasteiger partial charge is 0.0938 e. The fourth-order valence-corrected chi connectivity index (χ4v) is 3.39. The Balaban J connectivity index is 2.26. The number of hydrogen-bond donors (Lipinski definition) is 2. The Hall–Kier alpha value is -1.58. The number of aryl methyl sites for hydroxylation is 1. The average molecular weight is 271 g/mol. The summed E-state index contributed by atoms with van der Waals surface area (Å²) < 4.78 is 0. The van der Waals surface area contributed by atoms with Crippen LogP contribution in [0.5, 0.6) is 0 Å². The molecule has 1 aromatic carbocycles. The first kappa shape index (κ1) is 12.5. The molecule has 0 aliphatic heterocycles. The Bertz CT molecular complexity index is 731. The highest BCUT2D eigenvalue weighted by Gasteiger charge is 2.23. The molecule has 3 rings (SSSR count). The number of nitrogens with one attached hydrogen (secondary N) is 1. The van der Waals surface area contributed by atoms with Gasteiger partial charge >= 0.3 is 0 Å². The predicted molar refractivity (Wildman–Crippen MR) is 81.6 cm³/mol. The van der Waals surface area contributed by atoms with Gasteiger partial charge in [0.25, 0.3) is 0 Å². The van der Waals surface area contributed by atoms with Crippen molar-refractivity contribution < 1.29 is 5.11 Å². The van der Waals surface area contributed by atoms with Crippen molar-refractivity contribution in [2.75, 3.05) is 0 Å². The number of thiophene rings is 1. The number of aromatic nitrogens is 1. The summed E-state index contributed by atoms with van der Waals surface area (Å²) in [6, 6.07) is 8.48. The van der Waals surface area contributed by atoms with Gasteiger partial charge in [0, 0.05) is 33.1 Å². The quantitative estimate of drug-likeness (QED) is 0.710. The van der Waals surface area contributed by atoms with Crippen LogP contribution in [0.4, 0.5) is 0 Å². The lowest BCUT2D eigenvalue weighted by Crippen LogP contribution is -2.14. The van der Waals surface area contributed by atoms with E-state index in [1.165, 1.54) is 10.9 Å². The van der Waals surface area contributed by atoms with Crippen LogP contribution in [-0.4, -0.2) is 10.1 Å². The van der Waals surface area contributed by atoms with E-state index in [1.807, 2.05) is 25.4 Å². The molecular formula is C16H17NOS. The van der Waals surface area contributed by atoms with Crippen LogP contribution in [0, 0.1) is 6.92 Å². The van der Waals surface area contributed by atoms with Crippen LogP contribution < -0.4 is 0 Å². The molecule has 98 valence electrons. The third kappa shape index (κ3) is 2.09. The molecule has 2 heterocycles. The molecule has 0 radical (unpaired) electrons. The first-order valence-electron chi connectivity index (χ1n) is 6.35. The van der Waals surface area contributed by atoms with Crippen LogP contribution in [0.3, 0.4) is 0 Å². The monoisotopic (exact) mass is 271 g/mol. The molecule has 0 unspecified atom stereocenters. The van der Waals surface area contributed by atoms with Gasteiger partial charge in [-0.2, -0.15) is 0 Å². The van der Waals surface area contributed by atoms with Crippen LogP contribution >= 0.6 is 11.3 Å². The summed E-state index contributed by atoms with van der Waals surface area (Å²) in [5.74, 6) is 0. The molecule has 0 saturated carbocycles. The largest absolute Gasteiger partial charge is 0.385 e. The molecule has 3 heteroatoms. The maximum absolute atomic E-state index is 10.3. The second kappa shape index (κ2) is 4.22. The van der Waals surface area contributed by atoms with E-state index >= 15 is 0 Å². The molecule has 0 spiro atoms. The van der Waals surface area contributed by atoms with Crippen molar-refractivity contribution in [1.82, 2.24) is 4.98 Å². The third-order valence-electron chi connectivity index (χ3n) is 3.35. The number of benzene rings is 1. The molecule has 0 atom stereocenters. The molecule has 0 fully saturated rings. The minimum atomic E-state index is -0.809. The highest BCUT2D eigenvalue weighted by Crippen LogP contribution is 2.39. The number of fused-ring (bicyclic) bond motifs is 1. The number of aliphatic hydroxyl groups is 1. The van der Waals surface area contributed by atoms with Gasteiger partial charge in [0.2, 0.25) is 0 Å². The molecule has 3 aromatic rings. The van der Waals surface area contributed by atoms with Crippen molar-refractivity contribution in [3.63, 3.8) is 0 Å². The molecule has 0 aliphatic rings. The number of rotatable bonds is 2. The summed E-state index contributed by atoms with van der Waals surface area (Å²) in [5.41, 5.74) is 3.85. The summed E-state index contributed by atoms with van der Waals surface area (Å²) >= 11 is 1.60. The topological polar surface area (TPSA) is 36.0 Å². The van der Waals surface area contributed by atoms with Gasteiger partial charge in [0.15, 0.2) is 0 Å². The van der Waals surface area contributed by atoms with E-state index in [-0.39, 0.29) is 0 Å². The van der Waals surface area contributed by atoms with Gasteiger partial charge in [-0.1, -0.05) is 11.6 Å². The second-order valence-electron chi connectivity index (χ2n) is 5.47. The van der Waals surface area contributed by atoms with Crippen molar-refractivity contribution in [1.29, 1.82) is 0 Å². The van der Waals surface area contributed by atoms with E-state index in [1.54, 1.807) is 11.3 Å². The second-order valence-corrected chi connectivity index (χ2v) is 6.39. The zero-order valence-corrected chi connectivity index (χ0v) is 12.1. The minimum absolute atomic E-state index is 0.809. The molecule has 2 nitrogen and oxygen atoms in total. The zero-order valence-electron chi connectivity index (χ0n) is 11.3. The zero-order chi connectivity index (χ0) is 13.6. The fourth-order valence-electron chi connectivity index (χ4n) is 2.45. The van der Waals surface area contributed by atoms with Gasteiger partial charge in [-0.05, 0) is 44.4 Å². The van der Waals surface area contributed by atoms with Gasteiger partial charge in [-0.25, -0.2) is 0 Å². The molecule has 2 N–H and O–H groups in total. The maximum atomic E-state index is 10.3. The van der Waals surface area contributed by atoms with Crippen molar-refractivity contribution in [3.05, 3.63) is 46.3 Å². The number of aromatic amines is 1. The van der Waals surface area contributed by atoms with Crippen LogP contribution in [-0.2, 0) is 5.60 Å². The lowest BCUT2D eigenvalue weighted by Gasteiger charge is -2.17. The van der Waals surface area contributed by atoms with Gasteiger partial charge in [0.1, 0.15) is 0 Å². The number of H-pyrrole nitrogens is 1. The SMILES string of the molecule is Cc1ccc2[nH]cc(-c3ccsc3C(C)(C)O)c2c1. The standard InChI is InChI=1S/C16H17NOS/c1-10-4-5-14-12(8-10)13(9-17-14)11-6-7-19-15(11)16(2,3)18/h4-9,17-18H,1-3H3. The summed E-state index contributed by atoms with van der Waals surface area (Å²) in [6.45, 7) is 5.77. The van der Waals surface area contributed by atoms with E-state index < -0.39 is 5.60 Å². The van der Waals surface area contributed by atoms with Gasteiger partial charge < -0.3 is 10.1 Å². The van der Waals surface area contributed by atoms with E-state index in [4.69, 9.17) is 0 Å². The number of hydrogen-bond acceptors (Lipinski definition) is 2. The molecule has 0 aliphatic carbocycles. The van der Waals surface area contributed by atoms with E-state index in [2.05, 4.69) is 36.2 Å². The highest BCUT2D eigenvalue weighted by molar-refractivity contribution is 7.10. The van der Waals surface area contributed by atoms with Gasteiger partial charge in [-0.15, -0.1) is 11.3 Å². The summed E-state index contributed by atoms with van der Waals surface area (Å²) in [7, 11) is 0. The van der Waals surface area contributed by atoms with Crippen molar-refractivity contribution in [3.8, 4) is 11.1 Å². The lowest BCUT2D eigenvalue weighted by molar-refractivity contribution is 0.0831. The molecular weight excluding hydrogens is 254 g/mol. The molecule has 0 saturated heterocycles. The first-order valence-corrected chi connectivity index (χ1v) is 7.23. The van der Waals surface area contributed by atoms with E-state index in [9.17, 15) is 5.11 Å². The average Bonchev–Trinajstić information content (AvgIpc) is 2.91. The lowest BCUT2D eigenvalue weighted by atomic mass is 9.97. The summed E-state index contributed by atoms with van der Waals surface area (Å²) in [6.07, 6.45) is 2.03. The Morgan fingerprint density at radius 3 is 2.68 bits per heavy atom. The molecule has 19 heavy (non-hydrogen) atoms. The maximum Gasteiger partial charge on any atom is 0.0938 e. The van der Waals surface area contributed by atoms with Crippen molar-refractivity contribution in [2.24, 2.45) is 0 Å². The molecule has 0 bridgehead atoms. The van der Waals surface area contributed by atoms with Crippen LogP contribution in [0.2, 0.25) is 0 Å². The van der Waals surface area contributed by atoms with Crippen molar-refractivity contribution in [2.45, 2.75) is 26.4 Å². The Morgan fingerprint density at radius 1 is 1.16 bits per heavy atom. The Labute approximate surface area is 116 Å². The minimum Gasteiger partial charge on any atom is -0.385 e. The Morgan fingerprint density at radius 2 is 1.95 bits per heavy atom. The van der Waals surface area contributed by atoms with Crippen LogP contribution in [0.25, 0.3) is 22.0 Å². The van der Waals surface area contributed by atoms with Gasteiger partial charge in [0.05, 0.1) is 5.60 Å². The highest BCUT2D eigenvalue weighted by atomic mass is 32.1. The van der Waals surface area contributed by atoms with Gasteiger partial charge in [-0.3, -0.25) is 0 Å². The van der Waals surface area contributed by atoms with Crippen LogP contribution in [0.15, 0.2) is 35.8 Å². The molecule has 2 aromatic heterocycles. The summed E-state index contributed by atoms with van der Waals surface area (Å²) in [5, 5.41) is 13.5. The van der Waals surface area contributed by atoms with E-state index in [0.717, 1.165) is 21.5 Å². The first-order chi connectivity index (χ1) is 8.97. The summed E-state index contributed by atoms with van der Waals surface area (Å²) in [4.78, 5) is 4.31. The molecule has 0 amide bonds. The van der Waals surface area contributed by atoms with Crippen LogP contribution in [0.1, 0.15) is 24.3 Å². The third-order valence-corrected chi connectivity index (χ3v) is 4.58. The Kier molecular flexibility index (Phi) is 2.77. The fraction of sp³-hybridized carbons (Fsp3) is 0.250. The normalized spacial score (nSPS) is 12.2. The van der Waals surface area contributed by atoms with Crippen molar-refractivity contribution >= 4 is 22.2 Å².